The van der Waals surface area contributed by atoms with Crippen LogP contribution in [0.5, 0.6) is 0 Å². The Bertz CT molecular complexity index is 368. The minimum absolute atomic E-state index is 0.0917. The summed E-state index contributed by atoms with van der Waals surface area (Å²) in [5, 5.41) is 12.1. The summed E-state index contributed by atoms with van der Waals surface area (Å²) in [6, 6.07) is 0.121. The van der Waals surface area contributed by atoms with Crippen molar-refractivity contribution in [3.63, 3.8) is 0 Å². The molecule has 0 bridgehead atoms. The second-order valence-corrected chi connectivity index (χ2v) is 6.51. The molecule has 2 fully saturated rings. The van der Waals surface area contributed by atoms with E-state index in [9.17, 15) is 9.59 Å². The average Bonchev–Trinajstić information content (AvgIpc) is 2.69. The lowest BCUT2D eigenvalue weighted by molar-refractivity contribution is -0.143. The molecule has 1 heterocycles. The summed E-state index contributed by atoms with van der Waals surface area (Å²) in [5.74, 6) is -1.20. The lowest BCUT2D eigenvalue weighted by atomic mass is 9.87. The molecule has 5 nitrogen and oxygen atoms in total. The molecule has 19 heavy (non-hydrogen) atoms. The summed E-state index contributed by atoms with van der Waals surface area (Å²) >= 11 is 0. The Morgan fingerprint density at radius 1 is 1.26 bits per heavy atom. The Hall–Kier alpha value is -1.26. The van der Waals surface area contributed by atoms with E-state index in [1.54, 1.807) is 4.90 Å². The van der Waals surface area contributed by atoms with Crippen molar-refractivity contribution in [1.82, 2.24) is 10.2 Å². The van der Waals surface area contributed by atoms with E-state index in [0.717, 1.165) is 25.7 Å². The monoisotopic (exact) mass is 268 g/mol. The molecule has 2 rings (SSSR count). The van der Waals surface area contributed by atoms with Gasteiger partial charge in [-0.1, -0.05) is 20.3 Å². The lowest BCUT2D eigenvalue weighted by Crippen LogP contribution is -2.51. The molecule has 0 aromatic heterocycles. The number of aliphatic carboxylic acids is 1. The molecule has 0 spiro atoms. The number of hydrogen-bond donors (Lipinski definition) is 2. The molecule has 1 unspecified atom stereocenters. The molecule has 1 aliphatic heterocycles. The first kappa shape index (κ1) is 14.2. The molecule has 2 atom stereocenters. The number of likely N-dealkylation sites (tertiary alicyclic amines) is 1. The number of urea groups is 1. The van der Waals surface area contributed by atoms with Crippen molar-refractivity contribution in [3.8, 4) is 0 Å². The van der Waals surface area contributed by atoms with Gasteiger partial charge in [0, 0.05) is 19.1 Å². The van der Waals surface area contributed by atoms with Crippen LogP contribution in [0.1, 0.15) is 46.0 Å². The van der Waals surface area contributed by atoms with E-state index in [2.05, 4.69) is 19.2 Å². The quantitative estimate of drug-likeness (QED) is 0.805. The summed E-state index contributed by atoms with van der Waals surface area (Å²) in [6.45, 7) is 5.37. The molecule has 2 aliphatic rings. The average molecular weight is 268 g/mol. The topological polar surface area (TPSA) is 69.6 Å². The summed E-state index contributed by atoms with van der Waals surface area (Å²) in [4.78, 5) is 24.9. The third kappa shape index (κ3) is 3.19. The zero-order chi connectivity index (χ0) is 14.0. The lowest BCUT2D eigenvalue weighted by Gasteiger charge is -2.34. The summed E-state index contributed by atoms with van der Waals surface area (Å²) in [6.07, 6.45) is 4.76. The van der Waals surface area contributed by atoms with Crippen LogP contribution in [0, 0.1) is 11.3 Å². The fourth-order valence-electron chi connectivity index (χ4n) is 3.20. The van der Waals surface area contributed by atoms with Crippen LogP contribution in [0.2, 0.25) is 0 Å². The van der Waals surface area contributed by atoms with E-state index in [4.69, 9.17) is 5.11 Å². The first-order valence-electron chi connectivity index (χ1n) is 7.18. The van der Waals surface area contributed by atoms with Crippen LogP contribution in [0.3, 0.4) is 0 Å². The number of carbonyl (C=O) groups is 2. The van der Waals surface area contributed by atoms with Gasteiger partial charge in [-0.15, -0.1) is 0 Å². The van der Waals surface area contributed by atoms with Crippen LogP contribution < -0.4 is 5.32 Å². The molecular formula is C14H24N2O3. The molecule has 0 radical (unpaired) electrons. The van der Waals surface area contributed by atoms with Gasteiger partial charge in [0.15, 0.2) is 0 Å². The minimum Gasteiger partial charge on any atom is -0.481 e. The molecule has 108 valence electrons. The predicted octanol–water partition coefficient (Wildman–Crippen LogP) is 2.07. The van der Waals surface area contributed by atoms with Crippen LogP contribution in [0.15, 0.2) is 0 Å². The Labute approximate surface area is 114 Å². The van der Waals surface area contributed by atoms with Crippen molar-refractivity contribution < 1.29 is 14.7 Å². The van der Waals surface area contributed by atoms with Crippen molar-refractivity contribution >= 4 is 12.0 Å². The van der Waals surface area contributed by atoms with E-state index in [1.165, 1.54) is 0 Å². The zero-order valence-electron chi connectivity index (χ0n) is 11.8. The number of amides is 2. The van der Waals surface area contributed by atoms with Crippen molar-refractivity contribution in [2.45, 2.75) is 52.0 Å². The van der Waals surface area contributed by atoms with E-state index < -0.39 is 11.9 Å². The van der Waals surface area contributed by atoms with Crippen LogP contribution >= 0.6 is 0 Å². The number of carbonyl (C=O) groups excluding carboxylic acids is 1. The van der Waals surface area contributed by atoms with Gasteiger partial charge in [-0.25, -0.2) is 4.79 Å². The maximum Gasteiger partial charge on any atom is 0.317 e. The molecule has 0 aromatic carbocycles. The van der Waals surface area contributed by atoms with Crippen molar-refractivity contribution in [1.29, 1.82) is 0 Å². The zero-order valence-corrected chi connectivity index (χ0v) is 11.8. The second kappa shape index (κ2) is 5.39. The Balaban J connectivity index is 1.91. The number of nitrogens with one attached hydrogen (secondary N) is 1. The Kier molecular flexibility index (Phi) is 4.02. The third-order valence-corrected chi connectivity index (χ3v) is 4.61. The van der Waals surface area contributed by atoms with E-state index in [-0.39, 0.29) is 17.5 Å². The number of hydrogen-bond acceptors (Lipinski definition) is 2. The second-order valence-electron chi connectivity index (χ2n) is 6.51. The van der Waals surface area contributed by atoms with Gasteiger partial charge in [0.2, 0.25) is 0 Å². The standard InChI is InChI=1S/C14H24N2O3/c1-14(2)7-3-6-11(14)15-13(19)16-8-4-5-10(9-16)12(17)18/h10-11H,3-9H2,1-2H3,(H,15,19)(H,17,18)/t10-,11?/m0/s1. The molecule has 5 heteroatoms. The highest BCUT2D eigenvalue weighted by Gasteiger charge is 2.37. The highest BCUT2D eigenvalue weighted by Crippen LogP contribution is 2.37. The van der Waals surface area contributed by atoms with Gasteiger partial charge in [-0.2, -0.15) is 0 Å². The van der Waals surface area contributed by atoms with Crippen molar-refractivity contribution in [2.24, 2.45) is 11.3 Å². The number of piperidine rings is 1. The molecule has 1 saturated carbocycles. The Morgan fingerprint density at radius 2 is 2.00 bits per heavy atom. The largest absolute Gasteiger partial charge is 0.481 e. The van der Waals surface area contributed by atoms with E-state index >= 15 is 0 Å². The van der Waals surface area contributed by atoms with Crippen LogP contribution in [-0.2, 0) is 4.79 Å². The minimum atomic E-state index is -0.793. The van der Waals surface area contributed by atoms with E-state index in [0.29, 0.717) is 19.5 Å². The predicted molar refractivity (Wildman–Crippen MR) is 71.9 cm³/mol. The molecule has 2 N–H and O–H groups in total. The van der Waals surface area contributed by atoms with Crippen LogP contribution in [0.4, 0.5) is 4.79 Å². The number of carboxylic acid groups (broad SMARTS) is 1. The first-order valence-corrected chi connectivity index (χ1v) is 7.18. The normalized spacial score (nSPS) is 30.1. The third-order valence-electron chi connectivity index (χ3n) is 4.61. The van der Waals surface area contributed by atoms with Gasteiger partial charge in [-0.3, -0.25) is 4.79 Å². The number of rotatable bonds is 2. The van der Waals surface area contributed by atoms with Gasteiger partial charge < -0.3 is 15.3 Å². The SMILES string of the molecule is CC1(C)CCCC1NC(=O)N1CCC[C@H](C(=O)O)C1. The molecule has 1 aliphatic carbocycles. The van der Waals surface area contributed by atoms with Gasteiger partial charge in [0.1, 0.15) is 0 Å². The molecule has 0 aromatic rings. The van der Waals surface area contributed by atoms with Crippen molar-refractivity contribution in [3.05, 3.63) is 0 Å². The summed E-state index contributed by atoms with van der Waals surface area (Å²) < 4.78 is 0. The van der Waals surface area contributed by atoms with Crippen LogP contribution in [-0.4, -0.2) is 41.1 Å². The van der Waals surface area contributed by atoms with Crippen molar-refractivity contribution in [2.75, 3.05) is 13.1 Å². The van der Waals surface area contributed by atoms with Gasteiger partial charge in [0.25, 0.3) is 0 Å². The number of nitrogens with zero attached hydrogens (tertiary/aromatic N) is 1. The van der Waals surface area contributed by atoms with Crippen LogP contribution in [0.25, 0.3) is 0 Å². The van der Waals surface area contributed by atoms with E-state index in [1.807, 2.05) is 0 Å². The molecular weight excluding hydrogens is 244 g/mol. The van der Waals surface area contributed by atoms with Gasteiger partial charge in [-0.05, 0) is 31.1 Å². The number of carboxylic acids is 1. The summed E-state index contributed by atoms with van der Waals surface area (Å²) in [5.41, 5.74) is 0.150. The van der Waals surface area contributed by atoms with Gasteiger partial charge in [0.05, 0.1) is 5.92 Å². The maximum atomic E-state index is 12.2. The highest BCUT2D eigenvalue weighted by molar-refractivity contribution is 5.76. The smallest absolute Gasteiger partial charge is 0.317 e. The fourth-order valence-corrected chi connectivity index (χ4v) is 3.20. The molecule has 1 saturated heterocycles. The Morgan fingerprint density at radius 3 is 2.58 bits per heavy atom. The highest BCUT2D eigenvalue weighted by atomic mass is 16.4. The molecule has 2 amide bonds. The maximum absolute atomic E-state index is 12.2. The van der Waals surface area contributed by atoms with Gasteiger partial charge >= 0.3 is 12.0 Å². The summed E-state index contributed by atoms with van der Waals surface area (Å²) in [7, 11) is 0. The fraction of sp³-hybridized carbons (Fsp3) is 0.857. The first-order chi connectivity index (χ1) is 8.90.